The Bertz CT molecular complexity index is 309. The summed E-state index contributed by atoms with van der Waals surface area (Å²) in [5.74, 6) is -1.54. The van der Waals surface area contributed by atoms with Crippen molar-refractivity contribution in [2.24, 2.45) is 11.5 Å². The van der Waals surface area contributed by atoms with E-state index < -0.39 is 22.9 Å². The summed E-state index contributed by atoms with van der Waals surface area (Å²) in [6.07, 6.45) is 2.96. The quantitative estimate of drug-likeness (QED) is 0.354. The number of primary amides is 2. The molecule has 0 aliphatic rings. The summed E-state index contributed by atoms with van der Waals surface area (Å²) >= 11 is 0. The lowest BCUT2D eigenvalue weighted by Gasteiger charge is -2.13. The van der Waals surface area contributed by atoms with Gasteiger partial charge >= 0.3 is 17.8 Å². The number of hydroxylamine groups is 2. The second kappa shape index (κ2) is 13.1. The number of rotatable bonds is 2. The van der Waals surface area contributed by atoms with Crippen LogP contribution in [-0.2, 0) is 9.59 Å². The molecule has 0 aromatic heterocycles. The molecule has 7 nitrogen and oxygen atoms in total. The first-order chi connectivity index (χ1) is 8.11. The second-order valence-electron chi connectivity index (χ2n) is 3.09. The van der Waals surface area contributed by atoms with Gasteiger partial charge in [-0.15, -0.1) is 6.58 Å². The van der Waals surface area contributed by atoms with Crippen LogP contribution in [0.15, 0.2) is 24.8 Å². The summed E-state index contributed by atoms with van der Waals surface area (Å²) in [6.45, 7) is 11.2. The Hall–Kier alpha value is -1.99. The van der Waals surface area contributed by atoms with Crippen molar-refractivity contribution in [2.75, 3.05) is 0 Å². The molecule has 18 heavy (non-hydrogen) atoms. The van der Waals surface area contributed by atoms with Crippen molar-refractivity contribution in [2.45, 2.75) is 27.2 Å². The summed E-state index contributed by atoms with van der Waals surface area (Å²) in [5.41, 5.74) is 8.60. The van der Waals surface area contributed by atoms with E-state index in [2.05, 4.69) is 31.5 Å². The van der Waals surface area contributed by atoms with E-state index in [4.69, 9.17) is 4.79 Å². The third kappa shape index (κ3) is 19.6. The lowest BCUT2D eigenvalue weighted by molar-refractivity contribution is -0.676. The fourth-order valence-electron chi connectivity index (χ4n) is 0.354. The monoisotopic (exact) mass is 259 g/mol. The molecule has 0 aliphatic heterocycles. The fourth-order valence-corrected chi connectivity index (χ4v) is 0.354. The fraction of sp³-hybridized carbons (Fsp3) is 0.364. The molecule has 1 atom stereocenters. The van der Waals surface area contributed by atoms with Gasteiger partial charge in [-0.3, -0.25) is 0 Å². The van der Waals surface area contributed by atoms with Crippen LogP contribution in [0.1, 0.15) is 27.2 Å². The van der Waals surface area contributed by atoms with Gasteiger partial charge in [0.1, 0.15) is 0 Å². The number of imide groups is 1. The van der Waals surface area contributed by atoms with Crippen molar-refractivity contribution in [1.29, 1.82) is 0 Å². The number of nitrogens with two attached hydrogens (primary N) is 2. The Kier molecular flexibility index (Phi) is 15.5. The van der Waals surface area contributed by atoms with E-state index in [0.29, 0.717) is 0 Å². The first kappa shape index (κ1) is 21.3. The van der Waals surface area contributed by atoms with Crippen molar-refractivity contribution in [3.63, 3.8) is 0 Å². The molecular formula is C11H21N3O4. The van der Waals surface area contributed by atoms with Gasteiger partial charge < -0.3 is 16.7 Å². The number of quaternary nitrogens is 1. The molecule has 0 rings (SSSR count). The first-order valence-corrected chi connectivity index (χ1v) is 5.02. The van der Waals surface area contributed by atoms with Crippen LogP contribution in [0.25, 0.3) is 0 Å². The van der Waals surface area contributed by atoms with Crippen molar-refractivity contribution in [1.82, 2.24) is 0 Å². The zero-order valence-corrected chi connectivity index (χ0v) is 11.0. The largest absolute Gasteiger partial charge is 0.619 e. The number of hydrogen-bond acceptors (Lipinski definition) is 4. The normalized spacial score (nSPS) is 9.56. The maximum Gasteiger partial charge on any atom is 0.346 e. The van der Waals surface area contributed by atoms with Gasteiger partial charge in [0.2, 0.25) is 0 Å². The Morgan fingerprint density at radius 3 is 1.61 bits per heavy atom. The highest BCUT2D eigenvalue weighted by Crippen LogP contribution is 1.79. The average molecular weight is 259 g/mol. The van der Waals surface area contributed by atoms with Crippen LogP contribution in [0, 0.1) is 5.21 Å². The van der Waals surface area contributed by atoms with Crippen LogP contribution < -0.4 is 16.5 Å². The summed E-state index contributed by atoms with van der Waals surface area (Å²) in [5, 5.41) is 9.53. The summed E-state index contributed by atoms with van der Waals surface area (Å²) < 4.78 is 0. The van der Waals surface area contributed by atoms with Crippen molar-refractivity contribution < 1.29 is 19.4 Å². The van der Waals surface area contributed by atoms with Gasteiger partial charge in [-0.05, 0) is 13.3 Å². The van der Waals surface area contributed by atoms with E-state index in [9.17, 15) is 14.8 Å². The van der Waals surface area contributed by atoms with Gasteiger partial charge in [0.25, 0.3) is 0 Å². The van der Waals surface area contributed by atoms with E-state index in [1.165, 1.54) is 6.92 Å². The molecule has 5 N–H and O–H groups in total. The molecule has 1 unspecified atom stereocenters. The average Bonchev–Trinajstić information content (AvgIpc) is 2.26. The van der Waals surface area contributed by atoms with Crippen molar-refractivity contribution >= 4 is 17.8 Å². The van der Waals surface area contributed by atoms with Crippen molar-refractivity contribution in [3.05, 3.63) is 30.0 Å². The highest BCUT2D eigenvalue weighted by Gasteiger charge is 2.15. The molecule has 0 spiro atoms. The topological polar surface area (TPSA) is 131 Å². The molecule has 0 heterocycles. The highest BCUT2D eigenvalue weighted by atomic mass is 16.5. The molecule has 0 saturated heterocycles. The Morgan fingerprint density at radius 1 is 1.28 bits per heavy atom. The maximum atomic E-state index is 10.6. The van der Waals surface area contributed by atoms with E-state index in [1.54, 1.807) is 0 Å². The van der Waals surface area contributed by atoms with Gasteiger partial charge in [-0.25, -0.2) is 19.4 Å². The Balaban J connectivity index is -0.000000233. The molecule has 0 radical (unpaired) electrons. The number of hydrogen-bond donors (Lipinski definition) is 3. The Labute approximate surface area is 107 Å². The number of nitrogens with one attached hydrogen (secondary N) is 1. The number of amides is 4. The van der Waals surface area contributed by atoms with Crippen LogP contribution in [0.5, 0.6) is 0 Å². The van der Waals surface area contributed by atoms with Gasteiger partial charge in [-0.1, -0.05) is 19.6 Å². The van der Waals surface area contributed by atoms with E-state index in [-0.39, 0.29) is 5.57 Å². The molecule has 0 aliphatic carbocycles. The zero-order chi connectivity index (χ0) is 15.3. The van der Waals surface area contributed by atoms with E-state index in [0.717, 1.165) is 13.3 Å². The lowest BCUT2D eigenvalue weighted by Crippen LogP contribution is -3.12. The molecular weight excluding hydrogens is 238 g/mol. The molecule has 0 aromatic rings. The van der Waals surface area contributed by atoms with Crippen LogP contribution in [0.3, 0.4) is 0 Å². The third-order valence-electron chi connectivity index (χ3n) is 1.20. The minimum Gasteiger partial charge on any atom is -0.619 e. The van der Waals surface area contributed by atoms with Crippen LogP contribution >= 0.6 is 0 Å². The van der Waals surface area contributed by atoms with Gasteiger partial charge in [0.15, 0.2) is 0 Å². The minimum atomic E-state index is -0.993. The summed E-state index contributed by atoms with van der Waals surface area (Å²) in [7, 11) is 0. The standard InChI is InChI=1S/C6H9NO3.C4H8.CH4N2O/c1-4(2)6(9)7(10)5(3)8;1-3-4-2;2-1(3)4/h7H,1H2,2-3H3;3H,1,4H2,2H3;(H4,2,3,4). The molecule has 0 saturated carbocycles. The third-order valence-corrected chi connectivity index (χ3v) is 1.20. The predicted octanol–water partition coefficient (Wildman–Crippen LogP) is -0.375. The molecule has 7 heteroatoms. The molecule has 0 fully saturated rings. The van der Waals surface area contributed by atoms with Gasteiger partial charge in [0.05, 0.1) is 6.92 Å². The molecule has 4 amide bonds. The minimum absolute atomic E-state index is 0.0974. The number of carbonyl (C=O) groups is 3. The Morgan fingerprint density at radius 2 is 1.56 bits per heavy atom. The maximum absolute atomic E-state index is 10.6. The zero-order valence-electron chi connectivity index (χ0n) is 11.0. The second-order valence-corrected chi connectivity index (χ2v) is 3.09. The molecule has 0 aromatic carbocycles. The predicted molar refractivity (Wildman–Crippen MR) is 69.1 cm³/mol. The van der Waals surface area contributed by atoms with E-state index >= 15 is 0 Å². The van der Waals surface area contributed by atoms with Crippen LogP contribution in [0.4, 0.5) is 4.79 Å². The van der Waals surface area contributed by atoms with Gasteiger partial charge in [-0.2, -0.15) is 0 Å². The first-order valence-electron chi connectivity index (χ1n) is 5.02. The lowest BCUT2D eigenvalue weighted by atomic mass is 10.3. The number of carbonyl (C=O) groups excluding carboxylic acids is 3. The molecule has 104 valence electrons. The summed E-state index contributed by atoms with van der Waals surface area (Å²) in [4.78, 5) is 29.9. The van der Waals surface area contributed by atoms with Crippen LogP contribution in [0.2, 0.25) is 0 Å². The molecule has 0 bridgehead atoms. The summed E-state index contributed by atoms with van der Waals surface area (Å²) in [6, 6.07) is -0.833. The number of allylic oxidation sites excluding steroid dienone is 1. The SMILES string of the molecule is C=C(C)C(=O)[NH+]([O-])C(C)=O.C=CCC.NC(N)=O. The highest BCUT2D eigenvalue weighted by molar-refractivity contribution is 5.91. The van der Waals surface area contributed by atoms with Gasteiger partial charge in [0, 0.05) is 5.57 Å². The smallest absolute Gasteiger partial charge is 0.346 e. The van der Waals surface area contributed by atoms with Crippen molar-refractivity contribution in [3.8, 4) is 0 Å². The van der Waals surface area contributed by atoms with Crippen LogP contribution in [-0.4, -0.2) is 17.8 Å². The number of urea groups is 1. The van der Waals surface area contributed by atoms with E-state index in [1.807, 2.05) is 6.08 Å².